The van der Waals surface area contributed by atoms with Crippen LogP contribution < -0.4 is 10.1 Å². The molecule has 4 nitrogen and oxygen atoms in total. The molecule has 0 fully saturated rings. The Morgan fingerprint density at radius 2 is 2.17 bits per heavy atom. The highest BCUT2D eigenvalue weighted by molar-refractivity contribution is 5.78. The number of nitrogens with one attached hydrogen (secondary N) is 1. The number of nitriles is 1. The van der Waals surface area contributed by atoms with Gasteiger partial charge in [0.1, 0.15) is 17.6 Å². The van der Waals surface area contributed by atoms with Crippen LogP contribution in [0.3, 0.4) is 0 Å². The SMILES string of the molecule is CC(C)(C)NC(=O)COc1ccc(C#N)c(F)c1. The molecular formula is C13H15FN2O2. The molecule has 0 radical (unpaired) electrons. The van der Waals surface area contributed by atoms with Crippen molar-refractivity contribution in [3.05, 3.63) is 29.6 Å². The first kappa shape index (κ1) is 14.0. The average Bonchev–Trinajstić information content (AvgIpc) is 2.24. The molecule has 1 N–H and O–H groups in total. The van der Waals surface area contributed by atoms with Crippen LogP contribution in [-0.2, 0) is 4.79 Å². The van der Waals surface area contributed by atoms with E-state index in [2.05, 4.69) is 5.32 Å². The first-order valence-electron chi connectivity index (χ1n) is 5.45. The molecule has 0 saturated carbocycles. The van der Waals surface area contributed by atoms with Crippen LogP contribution in [0.4, 0.5) is 4.39 Å². The van der Waals surface area contributed by atoms with E-state index in [0.717, 1.165) is 6.07 Å². The number of hydrogen-bond donors (Lipinski definition) is 1. The zero-order chi connectivity index (χ0) is 13.8. The van der Waals surface area contributed by atoms with Gasteiger partial charge in [-0.3, -0.25) is 4.79 Å². The molecular weight excluding hydrogens is 235 g/mol. The van der Waals surface area contributed by atoms with E-state index in [1.54, 1.807) is 6.07 Å². The fourth-order valence-corrected chi connectivity index (χ4v) is 1.28. The Hall–Kier alpha value is -2.09. The number of rotatable bonds is 3. The summed E-state index contributed by atoms with van der Waals surface area (Å²) in [4.78, 5) is 11.5. The number of benzene rings is 1. The van der Waals surface area contributed by atoms with Crippen molar-refractivity contribution in [1.82, 2.24) is 5.32 Å². The Kier molecular flexibility index (Phi) is 4.27. The lowest BCUT2D eigenvalue weighted by Crippen LogP contribution is -2.43. The summed E-state index contributed by atoms with van der Waals surface area (Å²) >= 11 is 0. The van der Waals surface area contributed by atoms with Gasteiger partial charge in [0.15, 0.2) is 6.61 Å². The third-order valence-electron chi connectivity index (χ3n) is 1.95. The van der Waals surface area contributed by atoms with Crippen LogP contribution in [0.2, 0.25) is 0 Å². The lowest BCUT2D eigenvalue weighted by Gasteiger charge is -2.20. The second kappa shape index (κ2) is 5.50. The van der Waals surface area contributed by atoms with Gasteiger partial charge in [-0.25, -0.2) is 4.39 Å². The third-order valence-corrected chi connectivity index (χ3v) is 1.95. The number of carbonyl (C=O) groups excluding carboxylic acids is 1. The Balaban J connectivity index is 2.57. The van der Waals surface area contributed by atoms with E-state index in [-0.39, 0.29) is 29.4 Å². The maximum atomic E-state index is 13.2. The molecule has 0 spiro atoms. The molecule has 5 heteroatoms. The molecule has 0 aliphatic heterocycles. The van der Waals surface area contributed by atoms with Gasteiger partial charge in [-0.1, -0.05) is 0 Å². The zero-order valence-electron chi connectivity index (χ0n) is 10.6. The molecule has 0 atom stereocenters. The summed E-state index contributed by atoms with van der Waals surface area (Å²) < 4.78 is 18.4. The number of ether oxygens (including phenoxy) is 1. The fourth-order valence-electron chi connectivity index (χ4n) is 1.28. The van der Waals surface area contributed by atoms with Crippen molar-refractivity contribution < 1.29 is 13.9 Å². The molecule has 1 aromatic rings. The number of nitrogens with zero attached hydrogens (tertiary/aromatic N) is 1. The minimum atomic E-state index is -0.661. The van der Waals surface area contributed by atoms with Crippen molar-refractivity contribution in [2.24, 2.45) is 0 Å². The van der Waals surface area contributed by atoms with Crippen molar-refractivity contribution in [1.29, 1.82) is 5.26 Å². The van der Waals surface area contributed by atoms with E-state index in [1.165, 1.54) is 12.1 Å². The summed E-state index contributed by atoms with van der Waals surface area (Å²) in [6, 6.07) is 5.56. The van der Waals surface area contributed by atoms with Gasteiger partial charge >= 0.3 is 0 Å². The van der Waals surface area contributed by atoms with Gasteiger partial charge in [0.25, 0.3) is 5.91 Å². The van der Waals surface area contributed by atoms with Crippen molar-refractivity contribution in [2.45, 2.75) is 26.3 Å². The number of hydrogen-bond acceptors (Lipinski definition) is 3. The zero-order valence-corrected chi connectivity index (χ0v) is 10.6. The van der Waals surface area contributed by atoms with E-state index >= 15 is 0 Å². The molecule has 0 heterocycles. The van der Waals surface area contributed by atoms with Crippen molar-refractivity contribution in [3.8, 4) is 11.8 Å². The van der Waals surface area contributed by atoms with E-state index in [9.17, 15) is 9.18 Å². The van der Waals surface area contributed by atoms with Crippen molar-refractivity contribution >= 4 is 5.91 Å². The summed E-state index contributed by atoms with van der Waals surface area (Å²) in [6.07, 6.45) is 0. The topological polar surface area (TPSA) is 62.1 Å². The molecule has 0 saturated heterocycles. The smallest absolute Gasteiger partial charge is 0.258 e. The van der Waals surface area contributed by atoms with Crippen LogP contribution in [0.1, 0.15) is 26.3 Å². The summed E-state index contributed by atoms with van der Waals surface area (Å²) in [5, 5.41) is 11.3. The minimum Gasteiger partial charge on any atom is -0.484 e. The second-order valence-electron chi connectivity index (χ2n) is 4.84. The average molecular weight is 250 g/mol. The molecule has 0 aliphatic rings. The quantitative estimate of drug-likeness (QED) is 0.892. The predicted molar refractivity (Wildman–Crippen MR) is 64.5 cm³/mol. The predicted octanol–water partition coefficient (Wildman–Crippen LogP) is 1.99. The highest BCUT2D eigenvalue weighted by Crippen LogP contribution is 2.15. The van der Waals surface area contributed by atoms with Crippen LogP contribution in [0.15, 0.2) is 18.2 Å². The van der Waals surface area contributed by atoms with Gasteiger partial charge in [-0.15, -0.1) is 0 Å². The first-order chi connectivity index (χ1) is 8.31. The molecule has 18 heavy (non-hydrogen) atoms. The highest BCUT2D eigenvalue weighted by atomic mass is 19.1. The number of halogens is 1. The molecule has 0 unspecified atom stereocenters. The number of carbonyl (C=O) groups is 1. The van der Waals surface area contributed by atoms with Gasteiger partial charge < -0.3 is 10.1 Å². The number of amides is 1. The third kappa shape index (κ3) is 4.42. The Morgan fingerprint density at radius 3 is 2.67 bits per heavy atom. The molecule has 1 aromatic carbocycles. The molecule has 0 aromatic heterocycles. The van der Waals surface area contributed by atoms with Crippen LogP contribution in [0.25, 0.3) is 0 Å². The van der Waals surface area contributed by atoms with Crippen LogP contribution in [-0.4, -0.2) is 18.1 Å². The first-order valence-corrected chi connectivity index (χ1v) is 5.45. The van der Waals surface area contributed by atoms with Crippen molar-refractivity contribution in [3.63, 3.8) is 0 Å². The molecule has 1 amide bonds. The lowest BCUT2D eigenvalue weighted by molar-refractivity contribution is -0.124. The molecule has 1 rings (SSSR count). The summed E-state index contributed by atoms with van der Waals surface area (Å²) in [6.45, 7) is 5.37. The highest BCUT2D eigenvalue weighted by Gasteiger charge is 2.14. The largest absolute Gasteiger partial charge is 0.484 e. The van der Waals surface area contributed by atoms with Crippen molar-refractivity contribution in [2.75, 3.05) is 6.61 Å². The summed E-state index contributed by atoms with van der Waals surface area (Å²) in [5.74, 6) is -0.728. The van der Waals surface area contributed by atoms with Gasteiger partial charge in [-0.05, 0) is 32.9 Å². The fraction of sp³-hybridized carbons (Fsp3) is 0.385. The van der Waals surface area contributed by atoms with Gasteiger partial charge in [0.05, 0.1) is 5.56 Å². The minimum absolute atomic E-state index is 0.0542. The Bertz CT molecular complexity index is 487. The van der Waals surface area contributed by atoms with Gasteiger partial charge in [0, 0.05) is 11.6 Å². The van der Waals surface area contributed by atoms with Crippen LogP contribution >= 0.6 is 0 Å². The van der Waals surface area contributed by atoms with Crippen LogP contribution in [0, 0.1) is 17.1 Å². The monoisotopic (exact) mass is 250 g/mol. The molecule has 96 valence electrons. The Morgan fingerprint density at radius 1 is 1.50 bits per heavy atom. The van der Waals surface area contributed by atoms with E-state index < -0.39 is 5.82 Å². The maximum Gasteiger partial charge on any atom is 0.258 e. The van der Waals surface area contributed by atoms with E-state index in [4.69, 9.17) is 10.00 Å². The standard InChI is InChI=1S/C13H15FN2O2/c1-13(2,3)16-12(17)8-18-10-5-4-9(7-15)11(14)6-10/h4-6H,8H2,1-3H3,(H,16,17). The van der Waals surface area contributed by atoms with Gasteiger partial charge in [0.2, 0.25) is 0 Å². The van der Waals surface area contributed by atoms with Gasteiger partial charge in [-0.2, -0.15) is 5.26 Å². The van der Waals surface area contributed by atoms with Crippen LogP contribution in [0.5, 0.6) is 5.75 Å². The van der Waals surface area contributed by atoms with E-state index in [1.807, 2.05) is 20.8 Å². The Labute approximate surface area is 105 Å². The van der Waals surface area contributed by atoms with E-state index in [0.29, 0.717) is 0 Å². The summed E-state index contributed by atoms with van der Waals surface area (Å²) in [5.41, 5.74) is -0.391. The summed E-state index contributed by atoms with van der Waals surface area (Å²) in [7, 11) is 0. The second-order valence-corrected chi connectivity index (χ2v) is 4.84. The lowest BCUT2D eigenvalue weighted by atomic mass is 10.1. The molecule has 0 bridgehead atoms. The maximum absolute atomic E-state index is 13.2. The molecule has 0 aliphatic carbocycles. The normalized spacial score (nSPS) is 10.6.